The van der Waals surface area contributed by atoms with Gasteiger partial charge >= 0.3 is 0 Å². The lowest BCUT2D eigenvalue weighted by Crippen LogP contribution is -2.39. The number of carbonyl (C=O) groups is 1. The Hall–Kier alpha value is -3.81. The first-order valence-corrected chi connectivity index (χ1v) is 18.4. The summed E-state index contributed by atoms with van der Waals surface area (Å²) in [5, 5.41) is 15.5. The predicted molar refractivity (Wildman–Crippen MR) is 190 cm³/mol. The van der Waals surface area contributed by atoms with Crippen molar-refractivity contribution in [3.63, 3.8) is 0 Å². The molecule has 2 aliphatic rings. The summed E-state index contributed by atoms with van der Waals surface area (Å²) in [5.41, 5.74) is 2.92. The number of nitro groups is 1. The van der Waals surface area contributed by atoms with E-state index in [1.807, 2.05) is 31.2 Å². The van der Waals surface area contributed by atoms with Crippen molar-refractivity contribution in [2.45, 2.75) is 56.1 Å². The van der Waals surface area contributed by atoms with Crippen molar-refractivity contribution in [1.29, 1.82) is 0 Å². The lowest BCUT2D eigenvalue weighted by Gasteiger charge is -2.43. The molecule has 2 aliphatic heterocycles. The van der Waals surface area contributed by atoms with Crippen LogP contribution in [0.15, 0.2) is 83.8 Å². The van der Waals surface area contributed by atoms with Gasteiger partial charge in [0.25, 0.3) is 21.6 Å². The van der Waals surface area contributed by atoms with E-state index in [1.54, 1.807) is 24.3 Å². The molecule has 0 bridgehead atoms. The van der Waals surface area contributed by atoms with Gasteiger partial charge in [-0.25, -0.2) is 13.1 Å². The van der Waals surface area contributed by atoms with E-state index >= 15 is 0 Å². The van der Waals surface area contributed by atoms with Gasteiger partial charge in [-0.3, -0.25) is 19.8 Å². The molecule has 5 rings (SSSR count). The van der Waals surface area contributed by atoms with Crippen molar-refractivity contribution >= 4 is 38.9 Å². The molecule has 3 aromatic carbocycles. The third-order valence-electron chi connectivity index (χ3n) is 9.20. The molecular weight excluding hydrogens is 668 g/mol. The Labute approximate surface area is 292 Å². The number of sulfonamides is 1. The molecule has 2 fully saturated rings. The molecule has 0 aliphatic carbocycles. The summed E-state index contributed by atoms with van der Waals surface area (Å²) in [5.74, 6) is -0.669. The summed E-state index contributed by atoms with van der Waals surface area (Å²) in [7, 11) is -4.42. The summed E-state index contributed by atoms with van der Waals surface area (Å²) in [4.78, 5) is 26.1. The van der Waals surface area contributed by atoms with Crippen LogP contribution in [0.5, 0.6) is 0 Å². The van der Waals surface area contributed by atoms with Gasteiger partial charge in [-0.05, 0) is 67.3 Å². The number of rotatable bonds is 13. The molecule has 0 unspecified atom stereocenters. The van der Waals surface area contributed by atoms with Crippen LogP contribution < -0.4 is 10.0 Å². The number of anilines is 1. The molecule has 0 aromatic heterocycles. The summed E-state index contributed by atoms with van der Waals surface area (Å²) in [6.07, 6.45) is 2.33. The maximum absolute atomic E-state index is 13.2. The summed E-state index contributed by atoms with van der Waals surface area (Å²) in [6, 6.07) is 18.1. The number of nitro benzene ring substituents is 1. The van der Waals surface area contributed by atoms with Crippen molar-refractivity contribution in [2.24, 2.45) is 5.92 Å². The van der Waals surface area contributed by atoms with Crippen molar-refractivity contribution in [3.8, 4) is 0 Å². The number of benzene rings is 3. The minimum atomic E-state index is -4.42. The summed E-state index contributed by atoms with van der Waals surface area (Å²) < 4.78 is 40.5. The Balaban J connectivity index is 1.27. The van der Waals surface area contributed by atoms with Gasteiger partial charge in [0.2, 0.25) is 0 Å². The largest absolute Gasteiger partial charge is 0.379 e. The highest BCUT2D eigenvalue weighted by atomic mass is 35.5. The van der Waals surface area contributed by atoms with Gasteiger partial charge in [-0.1, -0.05) is 61.4 Å². The molecule has 262 valence electrons. The number of nitrogens with zero attached hydrogens (tertiary/aromatic N) is 2. The monoisotopic (exact) mass is 710 g/mol. The number of hydrogen-bond acceptors (Lipinski definition) is 9. The fourth-order valence-corrected chi connectivity index (χ4v) is 7.65. The summed E-state index contributed by atoms with van der Waals surface area (Å²) >= 11 is 6.15. The molecule has 3 aromatic rings. The quantitative estimate of drug-likeness (QED) is 0.112. The summed E-state index contributed by atoms with van der Waals surface area (Å²) in [6.45, 7) is 12.3. The third kappa shape index (κ3) is 9.06. The fraction of sp³-hybridized carbons (Fsp3) is 0.417. The molecule has 0 radical (unpaired) electrons. The second-order valence-corrected chi connectivity index (χ2v) is 14.7. The maximum atomic E-state index is 13.2. The predicted octanol–water partition coefficient (Wildman–Crippen LogP) is 6.72. The molecule has 11 nitrogen and oxygen atoms in total. The van der Waals surface area contributed by atoms with E-state index in [9.17, 15) is 23.3 Å². The third-order valence-corrected chi connectivity index (χ3v) is 10.8. The Morgan fingerprint density at radius 3 is 2.37 bits per heavy atom. The number of hydrogen-bond donors (Lipinski definition) is 2. The van der Waals surface area contributed by atoms with E-state index in [0.29, 0.717) is 31.3 Å². The standard InChI is InChI=1S/C36H43ClN4O7S/c1-4-5-34-31(25-10-12-28(37)13-11-25)23-30(24(2)3)35(48-34)26-6-8-27(9-7-26)36(42)39-49(45,46)29-14-15-32(33(22-29)41(43)44)38-16-17-40-18-20-47-21-19-40/h6-15,22,30-31,34-35,38H,2,4-5,16-21,23H2,1,3H3,(H,39,42)/t30-,31-,34+,35-/m1/s1. The van der Waals surface area contributed by atoms with Gasteiger partial charge < -0.3 is 14.8 Å². The molecule has 0 spiro atoms. The minimum absolute atomic E-state index is 0.0152. The van der Waals surface area contributed by atoms with Crippen molar-refractivity contribution in [3.05, 3.63) is 111 Å². The lowest BCUT2D eigenvalue weighted by atomic mass is 9.75. The van der Waals surface area contributed by atoms with Crippen LogP contribution in [-0.4, -0.2) is 69.6 Å². The van der Waals surface area contributed by atoms with Crippen molar-refractivity contribution < 1.29 is 27.6 Å². The van der Waals surface area contributed by atoms with Crippen molar-refractivity contribution in [2.75, 3.05) is 44.7 Å². The van der Waals surface area contributed by atoms with Crippen LogP contribution >= 0.6 is 11.6 Å². The van der Waals surface area contributed by atoms with Crippen LogP contribution in [-0.2, 0) is 19.5 Å². The zero-order chi connectivity index (χ0) is 35.1. The Bertz CT molecular complexity index is 1750. The fourth-order valence-electron chi connectivity index (χ4n) is 6.53. The number of nitrogens with one attached hydrogen (secondary N) is 2. The van der Waals surface area contributed by atoms with Crippen LogP contribution in [0.4, 0.5) is 11.4 Å². The van der Waals surface area contributed by atoms with Gasteiger partial charge in [-0.2, -0.15) is 0 Å². The van der Waals surface area contributed by atoms with Gasteiger partial charge in [-0.15, -0.1) is 0 Å². The number of ether oxygens (including phenoxy) is 2. The average molecular weight is 711 g/mol. The highest BCUT2D eigenvalue weighted by Gasteiger charge is 2.39. The first-order valence-electron chi connectivity index (χ1n) is 16.5. The zero-order valence-corrected chi connectivity index (χ0v) is 29.3. The second kappa shape index (κ2) is 16.3. The van der Waals surface area contributed by atoms with Gasteiger partial charge in [0.15, 0.2) is 0 Å². The molecular formula is C36H43ClN4O7S. The first-order chi connectivity index (χ1) is 23.5. The SMILES string of the molecule is C=C(C)[C@H]1C[C@H](c2ccc(Cl)cc2)[C@H](CCC)O[C@@H]1c1ccc(C(=O)NS(=O)(=O)c2ccc(NCCN3CCOCC3)c([N+](=O)[O-])c2)cc1. The number of halogens is 1. The number of carbonyl (C=O) groups excluding carboxylic acids is 1. The normalized spacial score (nSPS) is 21.5. The molecule has 1 amide bonds. The number of morpholine rings is 1. The van der Waals surface area contributed by atoms with Crippen LogP contribution in [0.1, 0.15) is 66.6 Å². The molecule has 4 atom stereocenters. The minimum Gasteiger partial charge on any atom is -0.379 e. The smallest absolute Gasteiger partial charge is 0.293 e. The highest BCUT2D eigenvalue weighted by molar-refractivity contribution is 7.90. The molecule has 2 heterocycles. The Kier molecular flexibility index (Phi) is 12.1. The lowest BCUT2D eigenvalue weighted by molar-refractivity contribution is -0.384. The van der Waals surface area contributed by atoms with Gasteiger partial charge in [0, 0.05) is 54.7 Å². The molecule has 0 saturated carbocycles. The van der Waals surface area contributed by atoms with Crippen molar-refractivity contribution in [1.82, 2.24) is 9.62 Å². The van der Waals surface area contributed by atoms with E-state index in [-0.39, 0.29) is 40.2 Å². The average Bonchev–Trinajstić information content (AvgIpc) is 3.09. The van der Waals surface area contributed by atoms with E-state index in [0.717, 1.165) is 49.6 Å². The maximum Gasteiger partial charge on any atom is 0.293 e. The second-order valence-electron chi connectivity index (χ2n) is 12.6. The molecule has 2 N–H and O–H groups in total. The van der Waals surface area contributed by atoms with E-state index in [1.165, 1.54) is 17.7 Å². The first kappa shape index (κ1) is 36.5. The van der Waals surface area contributed by atoms with Crippen LogP contribution in [0.2, 0.25) is 5.02 Å². The molecule has 49 heavy (non-hydrogen) atoms. The molecule has 13 heteroatoms. The zero-order valence-electron chi connectivity index (χ0n) is 27.8. The Morgan fingerprint density at radius 2 is 1.73 bits per heavy atom. The van der Waals surface area contributed by atoms with E-state index < -0.39 is 26.5 Å². The van der Waals surface area contributed by atoms with E-state index in [4.69, 9.17) is 21.1 Å². The van der Waals surface area contributed by atoms with Crippen LogP contribution in [0, 0.1) is 16.0 Å². The van der Waals surface area contributed by atoms with E-state index in [2.05, 4.69) is 28.4 Å². The Morgan fingerprint density at radius 1 is 1.06 bits per heavy atom. The molecule has 2 saturated heterocycles. The van der Waals surface area contributed by atoms with Gasteiger partial charge in [0.1, 0.15) is 5.69 Å². The number of amides is 1. The van der Waals surface area contributed by atoms with Gasteiger partial charge in [0.05, 0.1) is 35.2 Å². The van der Waals surface area contributed by atoms with Crippen LogP contribution in [0.3, 0.4) is 0 Å². The van der Waals surface area contributed by atoms with Crippen LogP contribution in [0.25, 0.3) is 0 Å². The highest BCUT2D eigenvalue weighted by Crippen LogP contribution is 2.47. The topological polar surface area (TPSA) is 140 Å².